The van der Waals surface area contributed by atoms with Gasteiger partial charge < -0.3 is 14.5 Å². The molecule has 10 heteroatoms. The maximum atomic E-state index is 12.8. The third-order valence-electron chi connectivity index (χ3n) is 5.46. The van der Waals surface area contributed by atoms with E-state index in [1.54, 1.807) is 6.07 Å². The number of furan rings is 1. The largest absolute Gasteiger partial charge is 0.497 e. The van der Waals surface area contributed by atoms with Gasteiger partial charge in [-0.25, -0.2) is 0 Å². The Bertz CT molecular complexity index is 1400. The molecule has 0 atom stereocenters. The molecule has 0 saturated carbocycles. The van der Waals surface area contributed by atoms with Gasteiger partial charge in [0.05, 0.1) is 29.2 Å². The topological polar surface area (TPSA) is 142 Å². The summed E-state index contributed by atoms with van der Waals surface area (Å²) in [5.41, 5.74) is 1.25. The highest BCUT2D eigenvalue weighted by Crippen LogP contribution is 2.38. The van der Waals surface area contributed by atoms with E-state index in [9.17, 15) is 25.4 Å². The highest BCUT2D eigenvalue weighted by molar-refractivity contribution is 7.16. The molecule has 0 saturated heterocycles. The van der Waals surface area contributed by atoms with Crippen LogP contribution in [-0.4, -0.2) is 17.9 Å². The second-order valence-corrected chi connectivity index (χ2v) is 8.60. The van der Waals surface area contributed by atoms with Crippen molar-refractivity contribution in [1.82, 2.24) is 0 Å². The molecule has 1 aromatic carbocycles. The first kappa shape index (κ1) is 22.8. The van der Waals surface area contributed by atoms with Crippen molar-refractivity contribution in [3.63, 3.8) is 0 Å². The number of fused-ring (bicyclic) bond motifs is 1. The fourth-order valence-corrected chi connectivity index (χ4v) is 5.04. The average molecular weight is 474 g/mol. The lowest BCUT2D eigenvalue weighted by Gasteiger charge is -2.09. The van der Waals surface area contributed by atoms with Crippen molar-refractivity contribution >= 4 is 34.0 Å². The fourth-order valence-electron chi connectivity index (χ4n) is 3.81. The molecule has 0 bridgehead atoms. The number of thiophene rings is 1. The maximum Gasteiger partial charge on any atom is 0.284 e. The zero-order valence-corrected chi connectivity index (χ0v) is 18.9. The number of nitrogens with one attached hydrogen (secondary N) is 1. The minimum absolute atomic E-state index is 0.179. The predicted molar refractivity (Wildman–Crippen MR) is 125 cm³/mol. The number of nitrogens with zero attached hydrogens (tertiary/aromatic N) is 3. The normalized spacial score (nSPS) is 12.9. The van der Waals surface area contributed by atoms with Crippen LogP contribution in [0, 0.1) is 32.8 Å². The van der Waals surface area contributed by atoms with Gasteiger partial charge in [-0.2, -0.15) is 10.5 Å². The number of nitro benzene ring substituents is 1. The van der Waals surface area contributed by atoms with Crippen molar-refractivity contribution in [3.05, 3.63) is 67.8 Å². The van der Waals surface area contributed by atoms with Crippen molar-refractivity contribution in [3.8, 4) is 29.2 Å². The molecule has 9 nitrogen and oxygen atoms in total. The number of methoxy groups -OCH3 is 1. The molecule has 2 aromatic heterocycles. The number of aryl methyl sites for hydroxylation is 1. The summed E-state index contributed by atoms with van der Waals surface area (Å²) in [4.78, 5) is 24.8. The molecule has 1 N–H and O–H groups in total. The van der Waals surface area contributed by atoms with E-state index < -0.39 is 10.8 Å². The van der Waals surface area contributed by atoms with Crippen molar-refractivity contribution in [2.24, 2.45) is 0 Å². The molecule has 34 heavy (non-hydrogen) atoms. The van der Waals surface area contributed by atoms with E-state index in [0.717, 1.165) is 36.1 Å². The fraction of sp³-hybridized carbons (Fsp3) is 0.208. The van der Waals surface area contributed by atoms with Crippen LogP contribution < -0.4 is 10.1 Å². The SMILES string of the molecule is COc1ccc(-c2ccc(/C=C(\C#N)C(=O)Nc3sc4c(c3C#N)CCCC4)o2)c([N+](=O)[O-])c1. The van der Waals surface area contributed by atoms with Crippen molar-refractivity contribution in [2.45, 2.75) is 25.7 Å². The predicted octanol–water partition coefficient (Wildman–Crippen LogP) is 5.22. The Kier molecular flexibility index (Phi) is 6.44. The van der Waals surface area contributed by atoms with Gasteiger partial charge in [0.1, 0.15) is 40.0 Å². The lowest BCUT2D eigenvalue weighted by Crippen LogP contribution is -2.13. The molecule has 170 valence electrons. The number of hydrogen-bond acceptors (Lipinski definition) is 8. The van der Waals surface area contributed by atoms with E-state index in [2.05, 4.69) is 11.4 Å². The van der Waals surface area contributed by atoms with Crippen molar-refractivity contribution in [1.29, 1.82) is 10.5 Å². The lowest BCUT2D eigenvalue weighted by atomic mass is 9.96. The molecule has 0 fully saturated rings. The molecule has 0 radical (unpaired) electrons. The molecule has 0 spiro atoms. The van der Waals surface area contributed by atoms with Crippen LogP contribution in [0.15, 0.2) is 40.3 Å². The van der Waals surface area contributed by atoms with E-state index in [4.69, 9.17) is 9.15 Å². The average Bonchev–Trinajstić information content (AvgIpc) is 3.45. The minimum Gasteiger partial charge on any atom is -0.497 e. The van der Waals surface area contributed by atoms with Gasteiger partial charge in [0.15, 0.2) is 0 Å². The Morgan fingerprint density at radius 2 is 2.06 bits per heavy atom. The summed E-state index contributed by atoms with van der Waals surface area (Å²) in [7, 11) is 1.41. The summed E-state index contributed by atoms with van der Waals surface area (Å²) in [5.74, 6) is 0.0531. The van der Waals surface area contributed by atoms with E-state index in [1.165, 1.54) is 48.8 Å². The summed E-state index contributed by atoms with van der Waals surface area (Å²) in [6.45, 7) is 0. The summed E-state index contributed by atoms with van der Waals surface area (Å²) >= 11 is 1.37. The molecule has 0 aliphatic heterocycles. The van der Waals surface area contributed by atoms with Crippen LogP contribution in [0.4, 0.5) is 10.7 Å². The number of nitriles is 2. The first-order valence-corrected chi connectivity index (χ1v) is 11.2. The van der Waals surface area contributed by atoms with E-state index in [-0.39, 0.29) is 28.3 Å². The quantitative estimate of drug-likeness (QED) is 0.223. The van der Waals surface area contributed by atoms with Gasteiger partial charge >= 0.3 is 0 Å². The molecule has 3 aromatic rings. The van der Waals surface area contributed by atoms with E-state index >= 15 is 0 Å². The number of anilines is 1. The smallest absolute Gasteiger partial charge is 0.284 e. The van der Waals surface area contributed by atoms with Crippen LogP contribution in [0.3, 0.4) is 0 Å². The molecular weight excluding hydrogens is 456 g/mol. The van der Waals surface area contributed by atoms with Crippen molar-refractivity contribution < 1.29 is 18.9 Å². The van der Waals surface area contributed by atoms with E-state index in [0.29, 0.717) is 16.3 Å². The molecular formula is C24H18N4O5S. The number of hydrogen-bond donors (Lipinski definition) is 1. The summed E-state index contributed by atoms with van der Waals surface area (Å²) in [6.07, 6.45) is 4.98. The van der Waals surface area contributed by atoms with Crippen LogP contribution in [0.25, 0.3) is 17.4 Å². The lowest BCUT2D eigenvalue weighted by molar-refractivity contribution is -0.384. The summed E-state index contributed by atoms with van der Waals surface area (Å²) in [6, 6.07) is 11.4. The number of amides is 1. The Hall–Kier alpha value is -4.41. The molecule has 1 aliphatic carbocycles. The van der Waals surface area contributed by atoms with Crippen LogP contribution in [0.5, 0.6) is 5.75 Å². The first-order valence-electron chi connectivity index (χ1n) is 10.4. The van der Waals surface area contributed by atoms with Crippen LogP contribution in [-0.2, 0) is 17.6 Å². The monoisotopic (exact) mass is 474 g/mol. The Morgan fingerprint density at radius 3 is 2.76 bits per heavy atom. The molecule has 1 amide bonds. The molecule has 2 heterocycles. The Labute approximate surface area is 198 Å². The maximum absolute atomic E-state index is 12.8. The highest BCUT2D eigenvalue weighted by Gasteiger charge is 2.23. The zero-order chi connectivity index (χ0) is 24.2. The van der Waals surface area contributed by atoms with Gasteiger partial charge in [-0.3, -0.25) is 14.9 Å². The number of rotatable bonds is 6. The van der Waals surface area contributed by atoms with Crippen LogP contribution >= 0.6 is 11.3 Å². The minimum atomic E-state index is -0.661. The highest BCUT2D eigenvalue weighted by atomic mass is 32.1. The third kappa shape index (κ3) is 4.40. The number of ether oxygens (including phenoxy) is 1. The van der Waals surface area contributed by atoms with Crippen LogP contribution in [0.1, 0.15) is 34.6 Å². The summed E-state index contributed by atoms with van der Waals surface area (Å²) in [5, 5.41) is 33.7. The Morgan fingerprint density at radius 1 is 1.26 bits per heavy atom. The first-order chi connectivity index (χ1) is 16.4. The summed E-state index contributed by atoms with van der Waals surface area (Å²) < 4.78 is 10.7. The molecule has 0 unspecified atom stereocenters. The number of carbonyl (C=O) groups excluding carboxylic acids is 1. The zero-order valence-electron chi connectivity index (χ0n) is 18.1. The number of benzene rings is 1. The van der Waals surface area contributed by atoms with Gasteiger partial charge in [-0.1, -0.05) is 0 Å². The van der Waals surface area contributed by atoms with Crippen LogP contribution in [0.2, 0.25) is 0 Å². The number of carbonyl (C=O) groups is 1. The van der Waals surface area contributed by atoms with Gasteiger partial charge in [0, 0.05) is 11.0 Å². The molecule has 4 rings (SSSR count). The van der Waals surface area contributed by atoms with Gasteiger partial charge in [-0.05, 0) is 55.5 Å². The standard InChI is InChI=1S/C24H18N4O5S/c1-32-15-6-8-18(20(11-15)28(30)31)21-9-7-16(33-21)10-14(12-25)23(29)27-24-19(13-26)17-4-2-3-5-22(17)34-24/h6-11H,2-5H2,1H3,(H,27,29)/b14-10+. The Balaban J connectivity index is 1.60. The van der Waals surface area contributed by atoms with Gasteiger partial charge in [0.2, 0.25) is 0 Å². The van der Waals surface area contributed by atoms with Gasteiger partial charge in [0.25, 0.3) is 11.6 Å². The van der Waals surface area contributed by atoms with Crippen molar-refractivity contribution in [2.75, 3.05) is 12.4 Å². The third-order valence-corrected chi connectivity index (χ3v) is 6.66. The number of nitro groups is 1. The second kappa shape index (κ2) is 9.61. The van der Waals surface area contributed by atoms with Gasteiger partial charge in [-0.15, -0.1) is 11.3 Å². The second-order valence-electron chi connectivity index (χ2n) is 7.49. The molecule has 1 aliphatic rings. The van der Waals surface area contributed by atoms with E-state index in [1.807, 2.05) is 6.07 Å².